The maximum Gasteiger partial charge on any atom is 0.200 e. The number of fused-ring (bicyclic) bond motifs is 1. The quantitative estimate of drug-likeness (QED) is 0.731. The maximum absolute atomic E-state index is 12.3. The van der Waals surface area contributed by atoms with Gasteiger partial charge in [0, 0.05) is 12.3 Å². The third-order valence-corrected chi connectivity index (χ3v) is 4.86. The summed E-state index contributed by atoms with van der Waals surface area (Å²) < 4.78 is 5.42. The van der Waals surface area contributed by atoms with E-state index in [-0.39, 0.29) is 5.92 Å². The van der Waals surface area contributed by atoms with Crippen molar-refractivity contribution in [3.05, 3.63) is 11.8 Å². The molecule has 17 heavy (non-hydrogen) atoms. The Morgan fingerprint density at radius 3 is 2.71 bits per heavy atom. The Balaban J connectivity index is 1.63. The van der Waals surface area contributed by atoms with Crippen LogP contribution < -0.4 is 0 Å². The Hall–Kier alpha value is -0.790. The molecule has 2 fully saturated rings. The number of allylic oxidation sites excluding steroid dienone is 1. The minimum atomic E-state index is 0.263. The molecule has 0 aromatic heterocycles. The fourth-order valence-corrected chi connectivity index (χ4v) is 3.90. The molecule has 0 amide bonds. The molecule has 3 aliphatic rings. The molecule has 0 bridgehead atoms. The van der Waals surface area contributed by atoms with Crippen LogP contribution in [0.5, 0.6) is 0 Å². The van der Waals surface area contributed by atoms with E-state index in [4.69, 9.17) is 4.74 Å². The molecule has 2 saturated carbocycles. The molecule has 2 heteroatoms. The summed E-state index contributed by atoms with van der Waals surface area (Å²) in [4.78, 5) is 12.3. The van der Waals surface area contributed by atoms with E-state index in [1.807, 2.05) is 6.08 Å². The molecule has 1 aliphatic heterocycles. The van der Waals surface area contributed by atoms with Crippen molar-refractivity contribution in [3.63, 3.8) is 0 Å². The lowest BCUT2D eigenvalue weighted by Gasteiger charge is -2.38. The zero-order valence-corrected chi connectivity index (χ0v) is 10.5. The van der Waals surface area contributed by atoms with E-state index < -0.39 is 0 Å². The van der Waals surface area contributed by atoms with Crippen molar-refractivity contribution in [1.82, 2.24) is 0 Å². The van der Waals surface area contributed by atoms with Crippen molar-refractivity contribution in [2.24, 2.45) is 17.8 Å². The minimum Gasteiger partial charge on any atom is -0.490 e. The van der Waals surface area contributed by atoms with Gasteiger partial charge in [-0.05, 0) is 37.2 Å². The monoisotopic (exact) mass is 234 g/mol. The van der Waals surface area contributed by atoms with Crippen molar-refractivity contribution < 1.29 is 9.53 Å². The lowest BCUT2D eigenvalue weighted by Crippen LogP contribution is -2.31. The standard InChI is InChI=1S/C15H22O2/c16-15(14-6-3-9-17-14)13-8-7-11-4-1-2-5-12(11)10-13/h6,11-13H,1-5,7-10H2. The molecule has 3 unspecified atom stereocenters. The van der Waals surface area contributed by atoms with Crippen LogP contribution in [0.1, 0.15) is 51.4 Å². The lowest BCUT2D eigenvalue weighted by molar-refractivity contribution is -0.124. The van der Waals surface area contributed by atoms with Crippen LogP contribution in [0, 0.1) is 17.8 Å². The van der Waals surface area contributed by atoms with Crippen LogP contribution in [0.15, 0.2) is 11.8 Å². The summed E-state index contributed by atoms with van der Waals surface area (Å²) in [6.07, 6.45) is 11.9. The Morgan fingerprint density at radius 1 is 1.12 bits per heavy atom. The number of hydrogen-bond donors (Lipinski definition) is 0. The average molecular weight is 234 g/mol. The van der Waals surface area contributed by atoms with Crippen LogP contribution in [-0.2, 0) is 9.53 Å². The molecule has 1 heterocycles. The molecule has 2 nitrogen and oxygen atoms in total. The summed E-state index contributed by atoms with van der Waals surface area (Å²) >= 11 is 0. The van der Waals surface area contributed by atoms with Gasteiger partial charge in [0.1, 0.15) is 0 Å². The Morgan fingerprint density at radius 2 is 1.94 bits per heavy atom. The fourth-order valence-electron chi connectivity index (χ4n) is 3.90. The fraction of sp³-hybridized carbons (Fsp3) is 0.800. The van der Waals surface area contributed by atoms with Gasteiger partial charge < -0.3 is 4.74 Å². The largest absolute Gasteiger partial charge is 0.490 e. The number of ketones is 1. The smallest absolute Gasteiger partial charge is 0.200 e. The molecule has 94 valence electrons. The Kier molecular flexibility index (Phi) is 3.21. The molecular weight excluding hydrogens is 212 g/mol. The molecule has 2 aliphatic carbocycles. The van der Waals surface area contributed by atoms with E-state index in [2.05, 4.69) is 0 Å². The third kappa shape index (κ3) is 2.27. The highest BCUT2D eigenvalue weighted by Crippen LogP contribution is 2.43. The predicted molar refractivity (Wildman–Crippen MR) is 66.4 cm³/mol. The molecule has 0 radical (unpaired) electrons. The number of ether oxygens (including phenoxy) is 1. The zero-order valence-electron chi connectivity index (χ0n) is 10.5. The molecule has 0 aromatic carbocycles. The van der Waals surface area contributed by atoms with Crippen LogP contribution in [0.4, 0.5) is 0 Å². The van der Waals surface area contributed by atoms with Crippen LogP contribution in [0.2, 0.25) is 0 Å². The van der Waals surface area contributed by atoms with Crippen molar-refractivity contribution >= 4 is 5.78 Å². The first-order valence-electron chi connectivity index (χ1n) is 7.22. The molecule has 0 N–H and O–H groups in total. The first kappa shape index (κ1) is 11.3. The summed E-state index contributed by atoms with van der Waals surface area (Å²) in [5.74, 6) is 2.98. The van der Waals surface area contributed by atoms with Crippen LogP contribution >= 0.6 is 0 Å². The molecule has 0 saturated heterocycles. The highest BCUT2D eigenvalue weighted by atomic mass is 16.5. The van der Waals surface area contributed by atoms with Gasteiger partial charge in [0.15, 0.2) is 11.5 Å². The predicted octanol–water partition coefficient (Wildman–Crippen LogP) is 3.47. The van der Waals surface area contributed by atoms with Gasteiger partial charge in [0.2, 0.25) is 0 Å². The average Bonchev–Trinajstić information content (AvgIpc) is 2.91. The molecule has 0 aromatic rings. The summed E-state index contributed by atoms with van der Waals surface area (Å²) in [5, 5.41) is 0. The molecule has 3 rings (SSSR count). The van der Waals surface area contributed by atoms with E-state index in [0.717, 1.165) is 31.1 Å². The summed E-state index contributed by atoms with van der Waals surface area (Å²) in [6, 6.07) is 0. The van der Waals surface area contributed by atoms with Gasteiger partial charge in [-0.3, -0.25) is 4.79 Å². The molecule has 0 spiro atoms. The van der Waals surface area contributed by atoms with Gasteiger partial charge in [-0.25, -0.2) is 0 Å². The van der Waals surface area contributed by atoms with Gasteiger partial charge in [-0.2, -0.15) is 0 Å². The number of rotatable bonds is 2. The third-order valence-electron chi connectivity index (χ3n) is 4.86. The van der Waals surface area contributed by atoms with Crippen molar-refractivity contribution in [3.8, 4) is 0 Å². The van der Waals surface area contributed by atoms with Gasteiger partial charge in [0.25, 0.3) is 0 Å². The zero-order chi connectivity index (χ0) is 11.7. The topological polar surface area (TPSA) is 26.3 Å². The van der Waals surface area contributed by atoms with Crippen molar-refractivity contribution in [2.45, 2.75) is 51.4 Å². The van der Waals surface area contributed by atoms with Gasteiger partial charge >= 0.3 is 0 Å². The Labute approximate surface area is 103 Å². The number of Topliss-reactive ketones (excluding diaryl/α,β-unsaturated/α-hetero) is 1. The van der Waals surface area contributed by atoms with Crippen molar-refractivity contribution in [2.75, 3.05) is 6.61 Å². The van der Waals surface area contributed by atoms with Gasteiger partial charge in [-0.15, -0.1) is 0 Å². The minimum absolute atomic E-state index is 0.263. The second-order valence-corrected chi connectivity index (χ2v) is 5.88. The van der Waals surface area contributed by atoms with E-state index in [9.17, 15) is 4.79 Å². The number of hydrogen-bond acceptors (Lipinski definition) is 2. The molecule has 3 atom stereocenters. The Bertz CT molecular complexity index is 332. The van der Waals surface area contributed by atoms with Crippen molar-refractivity contribution in [1.29, 1.82) is 0 Å². The highest BCUT2D eigenvalue weighted by Gasteiger charge is 2.36. The van der Waals surface area contributed by atoms with E-state index in [1.54, 1.807) is 0 Å². The lowest BCUT2D eigenvalue weighted by atomic mass is 9.66. The molecular formula is C15H22O2. The number of carbonyl (C=O) groups is 1. The second-order valence-electron chi connectivity index (χ2n) is 5.88. The first-order valence-corrected chi connectivity index (χ1v) is 7.22. The van der Waals surface area contributed by atoms with Gasteiger partial charge in [0.05, 0.1) is 6.61 Å². The SMILES string of the molecule is O=C(C1=CCCO1)C1CCC2CCCCC2C1. The maximum atomic E-state index is 12.3. The number of carbonyl (C=O) groups excluding carboxylic acids is 1. The summed E-state index contributed by atoms with van der Waals surface area (Å²) in [6.45, 7) is 0.708. The second kappa shape index (κ2) is 4.83. The highest BCUT2D eigenvalue weighted by molar-refractivity contribution is 5.95. The van der Waals surface area contributed by atoms with Crippen LogP contribution in [-0.4, -0.2) is 12.4 Å². The van der Waals surface area contributed by atoms with E-state index >= 15 is 0 Å². The van der Waals surface area contributed by atoms with Crippen LogP contribution in [0.25, 0.3) is 0 Å². The normalized spacial score (nSPS) is 36.9. The van der Waals surface area contributed by atoms with E-state index in [0.29, 0.717) is 18.1 Å². The summed E-state index contributed by atoms with van der Waals surface area (Å²) in [7, 11) is 0. The van der Waals surface area contributed by atoms with E-state index in [1.165, 1.54) is 32.1 Å². The first-order chi connectivity index (χ1) is 8.34. The summed E-state index contributed by atoms with van der Waals surface area (Å²) in [5.41, 5.74) is 0. The van der Waals surface area contributed by atoms with Crippen LogP contribution in [0.3, 0.4) is 0 Å². The van der Waals surface area contributed by atoms with Gasteiger partial charge in [-0.1, -0.05) is 25.7 Å².